The Kier molecular flexibility index (Phi) is 3.47. The molecule has 7 heteroatoms. The third kappa shape index (κ3) is 2.78. The number of carbonyl (C=O) groups excluding carboxylic acids is 1. The summed E-state index contributed by atoms with van der Waals surface area (Å²) in [6.45, 7) is 0.866. The van der Waals surface area contributed by atoms with Gasteiger partial charge in [0, 0.05) is 17.3 Å². The van der Waals surface area contributed by atoms with E-state index in [4.69, 9.17) is 9.47 Å². The molecule has 1 saturated heterocycles. The van der Waals surface area contributed by atoms with Gasteiger partial charge in [0.2, 0.25) is 0 Å². The highest BCUT2D eigenvalue weighted by atomic mass is 16.5. The van der Waals surface area contributed by atoms with E-state index in [1.54, 1.807) is 12.4 Å². The normalized spacial score (nSPS) is 20.7. The number of benzene rings is 1. The van der Waals surface area contributed by atoms with Crippen LogP contribution in [0.25, 0.3) is 10.9 Å². The second kappa shape index (κ2) is 5.77. The second-order valence-corrected chi connectivity index (χ2v) is 5.49. The number of nitrogens with one attached hydrogen (secondary N) is 3. The molecule has 4 rings (SSSR count). The molecule has 3 heterocycles. The number of aromatic nitrogens is 3. The molecule has 0 spiro atoms. The van der Waals surface area contributed by atoms with Crippen molar-refractivity contribution in [3.8, 4) is 5.75 Å². The fourth-order valence-electron chi connectivity index (χ4n) is 2.70. The number of amides is 1. The molecule has 0 radical (unpaired) electrons. The van der Waals surface area contributed by atoms with Crippen LogP contribution in [0.3, 0.4) is 0 Å². The van der Waals surface area contributed by atoms with Crippen molar-refractivity contribution in [3.63, 3.8) is 0 Å². The highest BCUT2D eigenvalue weighted by Gasteiger charge is 2.31. The van der Waals surface area contributed by atoms with Crippen LogP contribution in [0.1, 0.15) is 10.4 Å². The molecule has 2 atom stereocenters. The van der Waals surface area contributed by atoms with E-state index in [2.05, 4.69) is 20.5 Å². The molecule has 3 aromatic rings. The summed E-state index contributed by atoms with van der Waals surface area (Å²) < 4.78 is 11.2. The molecule has 1 amide bonds. The van der Waals surface area contributed by atoms with Gasteiger partial charge in [-0.05, 0) is 23.6 Å². The number of carbonyl (C=O) groups is 1. The molecule has 2 aromatic heterocycles. The van der Waals surface area contributed by atoms with Crippen LogP contribution in [-0.4, -0.2) is 46.4 Å². The van der Waals surface area contributed by atoms with E-state index in [-0.39, 0.29) is 18.1 Å². The lowest BCUT2D eigenvalue weighted by Crippen LogP contribution is -2.45. The molecular weight excluding hydrogens is 296 g/mol. The fourth-order valence-corrected chi connectivity index (χ4v) is 2.70. The molecular formula is C16H16N4O3. The summed E-state index contributed by atoms with van der Waals surface area (Å²) in [5, 5.41) is 10.6. The number of H-pyrrole nitrogens is 2. The van der Waals surface area contributed by atoms with E-state index in [0.717, 1.165) is 10.9 Å². The third-order valence-corrected chi connectivity index (χ3v) is 3.92. The molecule has 0 unspecified atom stereocenters. The van der Waals surface area contributed by atoms with Gasteiger partial charge in [-0.15, -0.1) is 0 Å². The first kappa shape index (κ1) is 13.8. The average molecular weight is 312 g/mol. The fraction of sp³-hybridized carbons (Fsp3) is 0.250. The van der Waals surface area contributed by atoms with Crippen molar-refractivity contribution in [2.75, 3.05) is 13.2 Å². The quantitative estimate of drug-likeness (QED) is 0.680. The molecule has 3 N–H and O–H groups in total. The SMILES string of the molecule is O=C(N[C@@H]1COC[C@@H]1Oc1cn[nH]c1)c1ccc2cc[nH]c2c1. The largest absolute Gasteiger partial charge is 0.482 e. The molecule has 1 aliphatic rings. The number of aromatic amines is 2. The minimum absolute atomic E-state index is 0.141. The first-order valence-corrected chi connectivity index (χ1v) is 7.41. The minimum atomic E-state index is -0.231. The van der Waals surface area contributed by atoms with E-state index >= 15 is 0 Å². The van der Waals surface area contributed by atoms with E-state index in [1.165, 1.54) is 0 Å². The van der Waals surface area contributed by atoms with Crippen molar-refractivity contribution in [2.24, 2.45) is 0 Å². The molecule has 23 heavy (non-hydrogen) atoms. The number of hydrogen-bond donors (Lipinski definition) is 3. The second-order valence-electron chi connectivity index (χ2n) is 5.49. The lowest BCUT2D eigenvalue weighted by atomic mass is 10.1. The van der Waals surface area contributed by atoms with Crippen molar-refractivity contribution >= 4 is 16.8 Å². The maximum absolute atomic E-state index is 12.5. The van der Waals surface area contributed by atoms with Crippen LogP contribution in [0.4, 0.5) is 0 Å². The number of hydrogen-bond acceptors (Lipinski definition) is 4. The Morgan fingerprint density at radius 3 is 3.17 bits per heavy atom. The van der Waals surface area contributed by atoms with Crippen molar-refractivity contribution in [2.45, 2.75) is 12.1 Å². The van der Waals surface area contributed by atoms with Crippen LogP contribution in [-0.2, 0) is 4.74 Å². The lowest BCUT2D eigenvalue weighted by molar-refractivity contribution is 0.0904. The first-order chi connectivity index (χ1) is 11.3. The lowest BCUT2D eigenvalue weighted by Gasteiger charge is -2.19. The predicted molar refractivity (Wildman–Crippen MR) is 83.4 cm³/mol. The smallest absolute Gasteiger partial charge is 0.251 e. The van der Waals surface area contributed by atoms with Crippen molar-refractivity contribution in [1.29, 1.82) is 0 Å². The standard InChI is InChI=1S/C16H16N4O3/c21-16(11-2-1-10-3-4-17-13(10)5-11)20-14-8-22-9-15(14)23-12-6-18-19-7-12/h1-7,14-15,17H,8-9H2,(H,18,19)(H,20,21)/t14-,15+/m1/s1. The van der Waals surface area contributed by atoms with Gasteiger partial charge in [0.1, 0.15) is 6.10 Å². The van der Waals surface area contributed by atoms with Gasteiger partial charge in [0.15, 0.2) is 5.75 Å². The van der Waals surface area contributed by atoms with E-state index in [0.29, 0.717) is 24.5 Å². The summed E-state index contributed by atoms with van der Waals surface area (Å²) in [4.78, 5) is 15.6. The first-order valence-electron chi connectivity index (χ1n) is 7.41. The zero-order valence-corrected chi connectivity index (χ0v) is 12.3. The monoisotopic (exact) mass is 312 g/mol. The van der Waals surface area contributed by atoms with Crippen LogP contribution in [0.15, 0.2) is 42.9 Å². The Hall–Kier alpha value is -2.80. The third-order valence-electron chi connectivity index (χ3n) is 3.92. The zero-order chi connectivity index (χ0) is 15.6. The van der Waals surface area contributed by atoms with Gasteiger partial charge in [-0.25, -0.2) is 0 Å². The predicted octanol–water partition coefficient (Wildman–Crippen LogP) is 1.47. The maximum Gasteiger partial charge on any atom is 0.251 e. The van der Waals surface area contributed by atoms with E-state index in [1.807, 2.05) is 30.5 Å². The summed E-state index contributed by atoms with van der Waals surface area (Å²) in [7, 11) is 0. The Balaban J connectivity index is 1.46. The molecule has 118 valence electrons. The molecule has 7 nitrogen and oxygen atoms in total. The Bertz CT molecular complexity index is 812. The molecule has 1 fully saturated rings. The van der Waals surface area contributed by atoms with Crippen LogP contribution in [0, 0.1) is 0 Å². The van der Waals surface area contributed by atoms with Gasteiger partial charge in [0.25, 0.3) is 5.91 Å². The summed E-state index contributed by atoms with van der Waals surface area (Å²) in [5.41, 5.74) is 1.54. The maximum atomic E-state index is 12.5. The van der Waals surface area contributed by atoms with Crippen LogP contribution < -0.4 is 10.1 Å². The Labute approximate surface area is 132 Å². The zero-order valence-electron chi connectivity index (χ0n) is 12.3. The summed E-state index contributed by atoms with van der Waals surface area (Å²) >= 11 is 0. The molecule has 0 aliphatic carbocycles. The number of fused-ring (bicyclic) bond motifs is 1. The molecule has 0 bridgehead atoms. The summed E-state index contributed by atoms with van der Waals surface area (Å²) in [5.74, 6) is 0.491. The van der Waals surface area contributed by atoms with E-state index in [9.17, 15) is 4.79 Å². The van der Waals surface area contributed by atoms with Crippen molar-refractivity contribution in [1.82, 2.24) is 20.5 Å². The Morgan fingerprint density at radius 2 is 2.30 bits per heavy atom. The number of nitrogens with zero attached hydrogens (tertiary/aromatic N) is 1. The number of ether oxygens (including phenoxy) is 2. The molecule has 0 saturated carbocycles. The summed E-state index contributed by atoms with van der Waals surface area (Å²) in [6.07, 6.45) is 4.88. The van der Waals surface area contributed by atoms with Gasteiger partial charge < -0.3 is 19.8 Å². The van der Waals surface area contributed by atoms with Gasteiger partial charge in [0.05, 0.1) is 31.6 Å². The van der Waals surface area contributed by atoms with E-state index < -0.39 is 0 Å². The molecule has 1 aliphatic heterocycles. The molecule has 1 aromatic carbocycles. The van der Waals surface area contributed by atoms with Gasteiger partial charge in [-0.3, -0.25) is 9.89 Å². The van der Waals surface area contributed by atoms with Crippen LogP contribution in [0.5, 0.6) is 5.75 Å². The number of rotatable bonds is 4. The minimum Gasteiger partial charge on any atom is -0.482 e. The average Bonchev–Trinajstić information content (AvgIpc) is 3.29. The van der Waals surface area contributed by atoms with Crippen molar-refractivity contribution in [3.05, 3.63) is 48.4 Å². The van der Waals surface area contributed by atoms with Gasteiger partial charge >= 0.3 is 0 Å². The highest BCUT2D eigenvalue weighted by molar-refractivity contribution is 5.98. The van der Waals surface area contributed by atoms with Crippen LogP contribution >= 0.6 is 0 Å². The van der Waals surface area contributed by atoms with Gasteiger partial charge in [-0.2, -0.15) is 5.10 Å². The highest BCUT2D eigenvalue weighted by Crippen LogP contribution is 2.17. The summed E-state index contributed by atoms with van der Waals surface area (Å²) in [6, 6.07) is 7.35. The Morgan fingerprint density at radius 1 is 1.35 bits per heavy atom. The van der Waals surface area contributed by atoms with Crippen LogP contribution in [0.2, 0.25) is 0 Å². The van der Waals surface area contributed by atoms with Gasteiger partial charge in [-0.1, -0.05) is 6.07 Å². The topological polar surface area (TPSA) is 92.0 Å². The van der Waals surface area contributed by atoms with Crippen molar-refractivity contribution < 1.29 is 14.3 Å².